The van der Waals surface area contributed by atoms with Crippen LogP contribution in [-0.4, -0.2) is 23.4 Å². The molecule has 3 atom stereocenters. The summed E-state index contributed by atoms with van der Waals surface area (Å²) in [6, 6.07) is 0. The van der Waals surface area contributed by atoms with Crippen molar-refractivity contribution in [3.8, 4) is 0 Å². The molecule has 3 nitrogen and oxygen atoms in total. The van der Waals surface area contributed by atoms with Crippen LogP contribution in [0.1, 0.15) is 13.8 Å². The summed E-state index contributed by atoms with van der Waals surface area (Å²) in [6.45, 7) is 3.52. The van der Waals surface area contributed by atoms with Gasteiger partial charge in [-0.25, -0.2) is 4.79 Å². The van der Waals surface area contributed by atoms with E-state index in [1.54, 1.807) is 12.2 Å². The van der Waals surface area contributed by atoms with Gasteiger partial charge in [-0.3, -0.25) is 0 Å². The smallest absolute Gasteiger partial charge is 0.416 e. The molecule has 2 aliphatic rings. The van der Waals surface area contributed by atoms with Crippen molar-refractivity contribution in [2.75, 3.05) is 0 Å². The van der Waals surface area contributed by atoms with Crippen LogP contribution in [0.3, 0.4) is 0 Å². The Balaban J connectivity index is 2.32. The van der Waals surface area contributed by atoms with Crippen LogP contribution in [0.25, 0.3) is 0 Å². The molecule has 1 N–H and O–H groups in total. The van der Waals surface area contributed by atoms with Gasteiger partial charge < -0.3 is 9.84 Å². The van der Waals surface area contributed by atoms with E-state index in [-0.39, 0.29) is 11.7 Å². The number of hydrogen-bond acceptors (Lipinski definition) is 2. The van der Waals surface area contributed by atoms with Gasteiger partial charge in [0, 0.05) is 5.92 Å². The maximum atomic E-state index is 12.9. The molecule has 0 fully saturated rings. The molecule has 0 saturated carbocycles. The van der Waals surface area contributed by atoms with Crippen molar-refractivity contribution in [1.82, 2.24) is 0 Å². The first kappa shape index (κ1) is 17.1. The average molecular weight is 326 g/mol. The first-order valence-corrected chi connectivity index (χ1v) is 7.15. The first-order valence-electron chi connectivity index (χ1n) is 7.15. The summed E-state index contributed by atoms with van der Waals surface area (Å²) in [5.74, 6) is -1.94. The molecule has 0 aromatic heterocycles. The van der Waals surface area contributed by atoms with Crippen LogP contribution in [0, 0.1) is 11.8 Å². The van der Waals surface area contributed by atoms with E-state index in [9.17, 15) is 18.0 Å². The summed E-state index contributed by atoms with van der Waals surface area (Å²) in [7, 11) is 0. The molecule has 2 rings (SSSR count). The molecule has 0 aromatic carbocycles. The second kappa shape index (κ2) is 6.48. The van der Waals surface area contributed by atoms with E-state index in [0.717, 1.165) is 11.6 Å². The Morgan fingerprint density at radius 2 is 1.91 bits per heavy atom. The van der Waals surface area contributed by atoms with Crippen molar-refractivity contribution in [3.05, 3.63) is 59.4 Å². The highest BCUT2D eigenvalue weighted by Crippen LogP contribution is 2.37. The number of hydrogen-bond donors (Lipinski definition) is 1. The van der Waals surface area contributed by atoms with Crippen LogP contribution in [0.15, 0.2) is 59.4 Å². The lowest BCUT2D eigenvalue weighted by Gasteiger charge is -2.29. The number of carboxylic acid groups (broad SMARTS) is 1. The lowest BCUT2D eigenvalue weighted by molar-refractivity contribution is -0.155. The predicted octanol–water partition coefficient (Wildman–Crippen LogP) is 4.17. The quantitative estimate of drug-likeness (QED) is 0.775. The Kier molecular flexibility index (Phi) is 4.82. The third kappa shape index (κ3) is 3.94. The van der Waals surface area contributed by atoms with Gasteiger partial charge in [-0.05, 0) is 17.6 Å². The molecule has 1 heterocycles. The molecule has 23 heavy (non-hydrogen) atoms. The Hall–Kier alpha value is -2.24. The molecule has 3 unspecified atom stereocenters. The molecule has 1 aliphatic heterocycles. The summed E-state index contributed by atoms with van der Waals surface area (Å²) >= 11 is 0. The molecule has 6 heteroatoms. The van der Waals surface area contributed by atoms with Crippen LogP contribution in [0.5, 0.6) is 0 Å². The first-order chi connectivity index (χ1) is 10.7. The van der Waals surface area contributed by atoms with E-state index in [1.165, 1.54) is 6.92 Å². The highest BCUT2D eigenvalue weighted by atomic mass is 19.4. The van der Waals surface area contributed by atoms with Crippen LogP contribution in [0.4, 0.5) is 13.2 Å². The molecule has 0 radical (unpaired) electrons. The molecule has 0 amide bonds. The zero-order chi connectivity index (χ0) is 17.2. The van der Waals surface area contributed by atoms with Crippen LogP contribution in [0.2, 0.25) is 0 Å². The number of allylic oxidation sites excluding steroid dienone is 8. The fourth-order valence-electron chi connectivity index (χ4n) is 2.41. The second-order valence-corrected chi connectivity index (χ2v) is 5.51. The van der Waals surface area contributed by atoms with Crippen LogP contribution >= 0.6 is 0 Å². The van der Waals surface area contributed by atoms with E-state index in [2.05, 4.69) is 0 Å². The van der Waals surface area contributed by atoms with Gasteiger partial charge >= 0.3 is 12.1 Å². The highest BCUT2D eigenvalue weighted by Gasteiger charge is 2.46. The van der Waals surface area contributed by atoms with Gasteiger partial charge in [0.25, 0.3) is 0 Å². The largest absolute Gasteiger partial charge is 0.478 e. The summed E-state index contributed by atoms with van der Waals surface area (Å²) in [5.41, 5.74) is -0.204. The SMILES string of the molecule is CC1C=CC=C/C1=C/C=C1/OC(C(=O)O)C(C(F)(F)F)=CC1C. The molecule has 0 aromatic rings. The van der Waals surface area contributed by atoms with Crippen LogP contribution < -0.4 is 0 Å². The predicted molar refractivity (Wildman–Crippen MR) is 79.4 cm³/mol. The Labute approximate surface area is 132 Å². The number of aliphatic carboxylic acids is 1. The van der Waals surface area contributed by atoms with Crippen molar-refractivity contribution in [3.63, 3.8) is 0 Å². The van der Waals surface area contributed by atoms with Crippen LogP contribution in [-0.2, 0) is 9.53 Å². The minimum Gasteiger partial charge on any atom is -0.478 e. The number of alkyl halides is 3. The zero-order valence-corrected chi connectivity index (χ0v) is 12.7. The van der Waals surface area contributed by atoms with Crippen molar-refractivity contribution in [2.45, 2.75) is 26.1 Å². The van der Waals surface area contributed by atoms with Gasteiger partial charge in [0.05, 0.1) is 5.57 Å². The van der Waals surface area contributed by atoms with Crippen molar-refractivity contribution in [2.24, 2.45) is 11.8 Å². The average Bonchev–Trinajstić information content (AvgIpc) is 2.46. The monoisotopic (exact) mass is 326 g/mol. The fourth-order valence-corrected chi connectivity index (χ4v) is 2.41. The summed E-state index contributed by atoms with van der Waals surface area (Å²) in [5, 5.41) is 9.01. The second-order valence-electron chi connectivity index (χ2n) is 5.51. The third-order valence-electron chi connectivity index (χ3n) is 3.73. The van der Waals surface area contributed by atoms with E-state index >= 15 is 0 Å². The maximum absolute atomic E-state index is 12.9. The lowest BCUT2D eigenvalue weighted by atomic mass is 9.94. The highest BCUT2D eigenvalue weighted by molar-refractivity contribution is 5.77. The molecular formula is C17H17F3O3. The Morgan fingerprint density at radius 1 is 1.22 bits per heavy atom. The maximum Gasteiger partial charge on any atom is 0.416 e. The topological polar surface area (TPSA) is 46.5 Å². The molecular weight excluding hydrogens is 309 g/mol. The number of carbonyl (C=O) groups is 1. The molecule has 1 aliphatic carbocycles. The zero-order valence-electron chi connectivity index (χ0n) is 12.7. The summed E-state index contributed by atoms with van der Waals surface area (Å²) < 4.78 is 43.9. The molecule has 0 bridgehead atoms. The van der Waals surface area contributed by atoms with Crippen molar-refractivity contribution >= 4 is 5.97 Å². The van der Waals surface area contributed by atoms with E-state index in [0.29, 0.717) is 0 Å². The van der Waals surface area contributed by atoms with Gasteiger partial charge in [0.1, 0.15) is 5.76 Å². The normalized spacial score (nSPS) is 31.2. The summed E-state index contributed by atoms with van der Waals surface area (Å²) in [6.07, 6.45) is 5.07. The van der Waals surface area contributed by atoms with Gasteiger partial charge in [-0.2, -0.15) is 13.2 Å². The molecule has 0 saturated heterocycles. The number of ether oxygens (including phenoxy) is 1. The minimum absolute atomic E-state index is 0.173. The molecule has 124 valence electrons. The summed E-state index contributed by atoms with van der Waals surface area (Å²) in [4.78, 5) is 11.1. The minimum atomic E-state index is -4.73. The van der Waals surface area contributed by atoms with E-state index in [1.807, 2.05) is 31.2 Å². The standard InChI is InChI=1S/C17H17F3O3/c1-10-5-3-4-6-12(10)7-8-14-11(2)9-13(17(18,19)20)15(23-14)16(21)22/h3-11,15H,1-2H3,(H,21,22)/b12-7-,14-8+. The van der Waals surface area contributed by atoms with E-state index < -0.39 is 29.7 Å². The Morgan fingerprint density at radius 3 is 2.48 bits per heavy atom. The number of rotatable bonds is 2. The van der Waals surface area contributed by atoms with Gasteiger partial charge in [0.15, 0.2) is 0 Å². The number of halogens is 3. The molecule has 0 spiro atoms. The van der Waals surface area contributed by atoms with Crippen molar-refractivity contribution in [1.29, 1.82) is 0 Å². The van der Waals surface area contributed by atoms with Crippen molar-refractivity contribution < 1.29 is 27.8 Å². The third-order valence-corrected chi connectivity index (χ3v) is 3.73. The lowest BCUT2D eigenvalue weighted by Crippen LogP contribution is -2.37. The van der Waals surface area contributed by atoms with Gasteiger partial charge in [-0.15, -0.1) is 0 Å². The number of carboxylic acids is 1. The van der Waals surface area contributed by atoms with Gasteiger partial charge in [0.2, 0.25) is 6.10 Å². The van der Waals surface area contributed by atoms with E-state index in [4.69, 9.17) is 9.84 Å². The fraction of sp³-hybridized carbons (Fsp3) is 0.353. The Bertz CT molecular complexity index is 636. The van der Waals surface area contributed by atoms with Gasteiger partial charge in [-0.1, -0.05) is 50.3 Å².